The first-order valence-electron chi connectivity index (χ1n) is 14.4. The van der Waals surface area contributed by atoms with Crippen LogP contribution in [-0.2, 0) is 17.9 Å². The Bertz CT molecular complexity index is 2070. The lowest BCUT2D eigenvalue weighted by molar-refractivity contribution is -0.139. The number of ether oxygens (including phenoxy) is 1. The van der Waals surface area contributed by atoms with Gasteiger partial charge in [0.25, 0.3) is 0 Å². The number of aliphatic carboxylic acids is 1. The molecule has 2 heterocycles. The number of benzene rings is 4. The van der Waals surface area contributed by atoms with Gasteiger partial charge in [0.15, 0.2) is 11.6 Å². The van der Waals surface area contributed by atoms with Gasteiger partial charge in [-0.25, -0.2) is 18.7 Å². The second kappa shape index (κ2) is 10.6. The number of rotatable bonds is 8. The van der Waals surface area contributed by atoms with Crippen LogP contribution in [0.2, 0.25) is 0 Å². The van der Waals surface area contributed by atoms with Crippen molar-refractivity contribution in [3.05, 3.63) is 126 Å². The van der Waals surface area contributed by atoms with Gasteiger partial charge in [-0.05, 0) is 64.6 Å². The van der Waals surface area contributed by atoms with E-state index in [2.05, 4.69) is 9.55 Å². The summed E-state index contributed by atoms with van der Waals surface area (Å²) in [6.45, 7) is 4.62. The summed E-state index contributed by atoms with van der Waals surface area (Å²) < 4.78 is 35.7. The van der Waals surface area contributed by atoms with Crippen molar-refractivity contribution in [1.29, 1.82) is 0 Å². The van der Waals surface area contributed by atoms with Gasteiger partial charge in [-0.3, -0.25) is 4.79 Å². The van der Waals surface area contributed by atoms with Crippen LogP contribution in [0, 0.1) is 23.0 Å². The standard InChI is InChI=1S/C36H29F2N3O3/c1-36(2)32(33(36)35(42)43)34-40-30-18-26(44-20-25-12-10-22-7-3-4-9-29(22)39-25)13-15-31(30)41(34)19-21-6-5-8-23(16-21)24-11-14-27(37)28(38)17-24/h3-18,32-33H,19-20H2,1-2H3,(H,42,43)/t32-,33?/m0/s1. The molecule has 1 N–H and O–H groups in total. The zero-order valence-corrected chi connectivity index (χ0v) is 24.2. The van der Waals surface area contributed by atoms with E-state index in [1.165, 1.54) is 6.07 Å². The van der Waals surface area contributed by atoms with Gasteiger partial charge < -0.3 is 14.4 Å². The van der Waals surface area contributed by atoms with Gasteiger partial charge in [0.2, 0.25) is 0 Å². The maximum Gasteiger partial charge on any atom is 0.307 e. The Kier molecular flexibility index (Phi) is 6.65. The molecule has 4 aromatic carbocycles. The highest BCUT2D eigenvalue weighted by atomic mass is 19.2. The average molecular weight is 590 g/mol. The summed E-state index contributed by atoms with van der Waals surface area (Å²) in [5, 5.41) is 11.0. The Morgan fingerprint density at radius 3 is 2.48 bits per heavy atom. The van der Waals surface area contributed by atoms with E-state index in [4.69, 9.17) is 9.72 Å². The lowest BCUT2D eigenvalue weighted by Crippen LogP contribution is -2.07. The van der Waals surface area contributed by atoms with Crippen LogP contribution in [-0.4, -0.2) is 25.6 Å². The summed E-state index contributed by atoms with van der Waals surface area (Å²) in [6, 6.07) is 29.1. The number of nitrogens with zero attached hydrogens (tertiary/aromatic N) is 3. The minimum atomic E-state index is -0.902. The molecule has 0 bridgehead atoms. The lowest BCUT2D eigenvalue weighted by atomic mass is 10.0. The highest BCUT2D eigenvalue weighted by Crippen LogP contribution is 2.64. The maximum absolute atomic E-state index is 14.0. The maximum atomic E-state index is 14.0. The molecule has 2 atom stereocenters. The van der Waals surface area contributed by atoms with E-state index in [0.717, 1.165) is 39.3 Å². The zero-order chi connectivity index (χ0) is 30.6. The summed E-state index contributed by atoms with van der Waals surface area (Å²) in [4.78, 5) is 21.8. The van der Waals surface area contributed by atoms with Crippen molar-refractivity contribution in [2.24, 2.45) is 11.3 Å². The number of fused-ring (bicyclic) bond motifs is 2. The van der Waals surface area contributed by atoms with E-state index in [0.29, 0.717) is 29.2 Å². The number of hydrogen-bond donors (Lipinski definition) is 1. The second-order valence-electron chi connectivity index (χ2n) is 11.9. The number of carboxylic acids is 1. The van der Waals surface area contributed by atoms with Crippen molar-refractivity contribution in [1.82, 2.24) is 14.5 Å². The molecule has 0 saturated heterocycles. The molecule has 220 valence electrons. The van der Waals surface area contributed by atoms with Gasteiger partial charge in [0, 0.05) is 23.9 Å². The normalized spacial score (nSPS) is 17.2. The van der Waals surface area contributed by atoms with Gasteiger partial charge in [-0.2, -0.15) is 0 Å². The highest BCUT2D eigenvalue weighted by Gasteiger charge is 2.64. The van der Waals surface area contributed by atoms with Crippen LogP contribution in [0.1, 0.15) is 36.8 Å². The molecule has 2 aromatic heterocycles. The SMILES string of the molecule is CC1(C)C(C(=O)O)[C@H]1c1nc2cc(OCc3ccc4ccccc4n3)ccc2n1Cc1cccc(-c2ccc(F)c(F)c2)c1. The van der Waals surface area contributed by atoms with Gasteiger partial charge in [0.05, 0.1) is 28.2 Å². The Labute approximate surface area is 252 Å². The summed E-state index contributed by atoms with van der Waals surface area (Å²) >= 11 is 0. The Balaban J connectivity index is 1.22. The average Bonchev–Trinajstić information content (AvgIpc) is 3.44. The molecule has 1 unspecified atom stereocenters. The first-order chi connectivity index (χ1) is 21.2. The van der Waals surface area contributed by atoms with Crippen LogP contribution in [0.3, 0.4) is 0 Å². The molecule has 7 rings (SSSR count). The molecule has 6 nitrogen and oxygen atoms in total. The molecule has 6 aromatic rings. The minimum absolute atomic E-state index is 0.270. The van der Waals surface area contributed by atoms with Crippen molar-refractivity contribution in [2.75, 3.05) is 0 Å². The van der Waals surface area contributed by atoms with E-state index in [1.807, 2.05) is 92.7 Å². The van der Waals surface area contributed by atoms with Crippen LogP contribution in [0.15, 0.2) is 97.1 Å². The molecule has 1 fully saturated rings. The number of carboxylic acid groups (broad SMARTS) is 1. The number of carbonyl (C=O) groups is 1. The summed E-state index contributed by atoms with van der Waals surface area (Å²) in [5.41, 5.74) is 5.04. The first kappa shape index (κ1) is 27.7. The topological polar surface area (TPSA) is 77.2 Å². The van der Waals surface area contributed by atoms with Crippen LogP contribution >= 0.6 is 0 Å². The van der Waals surface area contributed by atoms with Gasteiger partial charge in [0.1, 0.15) is 18.2 Å². The number of hydrogen-bond acceptors (Lipinski definition) is 4. The third-order valence-electron chi connectivity index (χ3n) is 8.68. The quantitative estimate of drug-likeness (QED) is 0.195. The van der Waals surface area contributed by atoms with E-state index in [-0.39, 0.29) is 12.5 Å². The number of aromatic nitrogens is 3. The molecule has 0 radical (unpaired) electrons. The third kappa shape index (κ3) is 4.96. The van der Waals surface area contributed by atoms with E-state index < -0.39 is 28.9 Å². The highest BCUT2D eigenvalue weighted by molar-refractivity contribution is 5.81. The van der Waals surface area contributed by atoms with Crippen LogP contribution < -0.4 is 4.74 Å². The van der Waals surface area contributed by atoms with Crippen LogP contribution in [0.25, 0.3) is 33.1 Å². The largest absolute Gasteiger partial charge is 0.487 e. The van der Waals surface area contributed by atoms with E-state index in [9.17, 15) is 18.7 Å². The molecule has 0 amide bonds. The van der Waals surface area contributed by atoms with Gasteiger partial charge in [-0.1, -0.05) is 62.4 Å². The predicted molar refractivity (Wildman–Crippen MR) is 164 cm³/mol. The molecule has 1 saturated carbocycles. The summed E-state index contributed by atoms with van der Waals surface area (Å²) in [5.74, 6) is -2.13. The molecular weight excluding hydrogens is 560 g/mol. The third-order valence-corrected chi connectivity index (χ3v) is 8.68. The molecule has 1 aliphatic carbocycles. The number of halogens is 2. The Hall–Kier alpha value is -5.11. The Morgan fingerprint density at radius 1 is 0.864 bits per heavy atom. The second-order valence-corrected chi connectivity index (χ2v) is 11.9. The predicted octanol–water partition coefficient (Wildman–Crippen LogP) is 7.98. The van der Waals surface area contributed by atoms with E-state index >= 15 is 0 Å². The summed E-state index contributed by atoms with van der Waals surface area (Å²) in [6.07, 6.45) is 0. The summed E-state index contributed by atoms with van der Waals surface area (Å²) in [7, 11) is 0. The van der Waals surface area contributed by atoms with Crippen LogP contribution in [0.5, 0.6) is 5.75 Å². The fraction of sp³-hybridized carbons (Fsp3) is 0.194. The van der Waals surface area contributed by atoms with Crippen molar-refractivity contribution in [2.45, 2.75) is 32.9 Å². The molecule has 8 heteroatoms. The number of imidazole rings is 1. The van der Waals surface area contributed by atoms with Gasteiger partial charge >= 0.3 is 5.97 Å². The minimum Gasteiger partial charge on any atom is -0.487 e. The molecular formula is C36H29F2N3O3. The fourth-order valence-electron chi connectivity index (χ4n) is 6.26. The number of pyridine rings is 1. The first-order valence-corrected chi connectivity index (χ1v) is 14.4. The van der Waals surface area contributed by atoms with Crippen LogP contribution in [0.4, 0.5) is 8.78 Å². The zero-order valence-electron chi connectivity index (χ0n) is 24.2. The van der Waals surface area contributed by atoms with Crippen molar-refractivity contribution in [3.8, 4) is 16.9 Å². The van der Waals surface area contributed by atoms with Crippen molar-refractivity contribution in [3.63, 3.8) is 0 Å². The van der Waals surface area contributed by atoms with Crippen molar-refractivity contribution >= 4 is 27.9 Å². The monoisotopic (exact) mass is 589 g/mol. The van der Waals surface area contributed by atoms with Crippen molar-refractivity contribution < 1.29 is 23.4 Å². The molecule has 0 aliphatic heterocycles. The number of para-hydroxylation sites is 1. The molecule has 1 aliphatic rings. The fourth-order valence-corrected chi connectivity index (χ4v) is 6.26. The van der Waals surface area contributed by atoms with Gasteiger partial charge in [-0.15, -0.1) is 0 Å². The molecule has 0 spiro atoms. The Morgan fingerprint density at radius 2 is 1.68 bits per heavy atom. The lowest BCUT2D eigenvalue weighted by Gasteiger charge is -2.12. The smallest absolute Gasteiger partial charge is 0.307 e. The molecule has 44 heavy (non-hydrogen) atoms. The van der Waals surface area contributed by atoms with E-state index in [1.54, 1.807) is 6.07 Å².